The highest BCUT2D eigenvalue weighted by Gasteiger charge is 2.13. The van der Waals surface area contributed by atoms with Crippen molar-refractivity contribution in [2.75, 3.05) is 0 Å². The lowest BCUT2D eigenvalue weighted by atomic mass is 10.1. The minimum absolute atomic E-state index is 0.196. The summed E-state index contributed by atoms with van der Waals surface area (Å²) >= 11 is 5.70. The highest BCUT2D eigenvalue weighted by Crippen LogP contribution is 2.27. The van der Waals surface area contributed by atoms with Crippen LogP contribution in [0.25, 0.3) is 0 Å². The average molecular weight is 189 g/mol. The third-order valence-corrected chi connectivity index (χ3v) is 2.05. The van der Waals surface area contributed by atoms with E-state index in [1.165, 1.54) is 12.1 Å². The summed E-state index contributed by atoms with van der Waals surface area (Å²) in [4.78, 5) is 0. The summed E-state index contributed by atoms with van der Waals surface area (Å²) in [5, 5.41) is 9.65. The first-order valence-electron chi connectivity index (χ1n) is 3.78. The van der Waals surface area contributed by atoms with Crippen molar-refractivity contribution in [1.82, 2.24) is 0 Å². The van der Waals surface area contributed by atoms with E-state index < -0.39 is 11.9 Å². The van der Waals surface area contributed by atoms with Gasteiger partial charge >= 0.3 is 0 Å². The summed E-state index contributed by atoms with van der Waals surface area (Å²) in [6.07, 6.45) is -0.348. The topological polar surface area (TPSA) is 20.2 Å². The molecule has 1 nitrogen and oxygen atoms in total. The van der Waals surface area contributed by atoms with E-state index in [0.29, 0.717) is 6.42 Å². The molecule has 0 spiro atoms. The van der Waals surface area contributed by atoms with Gasteiger partial charge in [0.15, 0.2) is 0 Å². The second-order valence-corrected chi connectivity index (χ2v) is 2.97. The van der Waals surface area contributed by atoms with Gasteiger partial charge in [-0.1, -0.05) is 24.6 Å². The van der Waals surface area contributed by atoms with Gasteiger partial charge in [-0.15, -0.1) is 0 Å². The Morgan fingerprint density at radius 3 is 2.75 bits per heavy atom. The van der Waals surface area contributed by atoms with Gasteiger partial charge in [-0.05, 0) is 18.6 Å². The molecule has 1 N–H and O–H groups in total. The van der Waals surface area contributed by atoms with E-state index in [-0.39, 0.29) is 10.6 Å². The molecule has 0 radical (unpaired) electrons. The van der Waals surface area contributed by atoms with Crippen LogP contribution in [0.4, 0.5) is 4.39 Å². The van der Waals surface area contributed by atoms with Gasteiger partial charge in [0.2, 0.25) is 0 Å². The zero-order valence-electron chi connectivity index (χ0n) is 6.72. The molecule has 0 fully saturated rings. The Kier molecular flexibility index (Phi) is 3.06. The standard InChI is InChI=1S/C9H10ClFO/c1-2-8(12)9-6(10)4-3-5-7(9)11/h3-5,8,12H,2H2,1H3/t8-/m0/s1. The molecule has 0 aliphatic heterocycles. The van der Waals surface area contributed by atoms with Crippen LogP contribution in [-0.4, -0.2) is 5.11 Å². The molecule has 1 aromatic carbocycles. The number of hydrogen-bond donors (Lipinski definition) is 1. The molecule has 1 atom stereocenters. The predicted molar refractivity (Wildman–Crippen MR) is 46.7 cm³/mol. The Balaban J connectivity index is 3.12. The molecular formula is C9H10ClFO. The summed E-state index contributed by atoms with van der Waals surface area (Å²) in [6.45, 7) is 1.77. The second kappa shape index (κ2) is 3.87. The van der Waals surface area contributed by atoms with Crippen molar-refractivity contribution in [3.63, 3.8) is 0 Å². The summed E-state index contributed by atoms with van der Waals surface area (Å²) in [5.74, 6) is -0.447. The van der Waals surface area contributed by atoms with Crippen LogP contribution in [-0.2, 0) is 0 Å². The summed E-state index contributed by atoms with van der Waals surface area (Å²) in [6, 6.07) is 4.38. The smallest absolute Gasteiger partial charge is 0.130 e. The van der Waals surface area contributed by atoms with Gasteiger partial charge in [0.1, 0.15) is 5.82 Å². The first-order valence-corrected chi connectivity index (χ1v) is 4.16. The van der Waals surface area contributed by atoms with Gasteiger partial charge in [0, 0.05) is 10.6 Å². The van der Waals surface area contributed by atoms with Crippen LogP contribution in [0.15, 0.2) is 18.2 Å². The largest absolute Gasteiger partial charge is 0.388 e. The molecule has 0 aliphatic carbocycles. The Morgan fingerprint density at radius 1 is 1.58 bits per heavy atom. The number of hydrogen-bond acceptors (Lipinski definition) is 1. The maximum atomic E-state index is 13.0. The Hall–Kier alpha value is -0.600. The summed E-state index contributed by atoms with van der Waals surface area (Å²) < 4.78 is 13.0. The SMILES string of the molecule is CC[C@H](O)c1c(F)cccc1Cl. The maximum Gasteiger partial charge on any atom is 0.130 e. The van der Waals surface area contributed by atoms with Gasteiger partial charge in [0.25, 0.3) is 0 Å². The molecular weight excluding hydrogens is 179 g/mol. The summed E-state index contributed by atoms with van der Waals surface area (Å²) in [7, 11) is 0. The Morgan fingerprint density at radius 2 is 2.25 bits per heavy atom. The monoisotopic (exact) mass is 188 g/mol. The molecule has 0 aromatic heterocycles. The van der Waals surface area contributed by atoms with Crippen molar-refractivity contribution >= 4 is 11.6 Å². The number of halogens is 2. The fourth-order valence-electron chi connectivity index (χ4n) is 1.03. The number of rotatable bonds is 2. The Labute approximate surface area is 75.8 Å². The van der Waals surface area contributed by atoms with Gasteiger partial charge in [0.05, 0.1) is 6.10 Å². The zero-order valence-corrected chi connectivity index (χ0v) is 7.48. The van der Waals surface area contributed by atoms with Crippen LogP contribution >= 0.6 is 11.6 Å². The van der Waals surface area contributed by atoms with Gasteiger partial charge in [-0.3, -0.25) is 0 Å². The third-order valence-electron chi connectivity index (χ3n) is 1.72. The molecule has 0 saturated carbocycles. The lowest BCUT2D eigenvalue weighted by Gasteiger charge is -2.10. The highest BCUT2D eigenvalue weighted by molar-refractivity contribution is 6.31. The molecule has 0 bridgehead atoms. The number of aliphatic hydroxyl groups is 1. The van der Waals surface area contributed by atoms with E-state index in [9.17, 15) is 9.50 Å². The van der Waals surface area contributed by atoms with Crippen molar-refractivity contribution in [3.05, 3.63) is 34.6 Å². The molecule has 0 amide bonds. The lowest BCUT2D eigenvalue weighted by molar-refractivity contribution is 0.169. The van der Waals surface area contributed by atoms with Crippen molar-refractivity contribution < 1.29 is 9.50 Å². The maximum absolute atomic E-state index is 13.0. The molecule has 1 aromatic rings. The van der Waals surface area contributed by atoms with Crippen molar-refractivity contribution in [2.24, 2.45) is 0 Å². The number of aliphatic hydroxyl groups excluding tert-OH is 1. The fourth-order valence-corrected chi connectivity index (χ4v) is 1.32. The van der Waals surface area contributed by atoms with E-state index in [4.69, 9.17) is 11.6 Å². The Bertz CT molecular complexity index is 255. The molecule has 0 unspecified atom stereocenters. The van der Waals surface area contributed by atoms with Crippen LogP contribution in [0.2, 0.25) is 5.02 Å². The first kappa shape index (κ1) is 9.49. The molecule has 0 aliphatic rings. The van der Waals surface area contributed by atoms with Crippen LogP contribution in [0, 0.1) is 5.82 Å². The van der Waals surface area contributed by atoms with Crippen molar-refractivity contribution in [1.29, 1.82) is 0 Å². The predicted octanol–water partition coefficient (Wildman–Crippen LogP) is 2.92. The minimum Gasteiger partial charge on any atom is -0.388 e. The van der Waals surface area contributed by atoms with Gasteiger partial charge in [-0.25, -0.2) is 4.39 Å². The molecule has 12 heavy (non-hydrogen) atoms. The van der Waals surface area contributed by atoms with Crippen LogP contribution < -0.4 is 0 Å². The number of benzene rings is 1. The van der Waals surface area contributed by atoms with E-state index in [0.717, 1.165) is 0 Å². The van der Waals surface area contributed by atoms with Crippen LogP contribution in [0.1, 0.15) is 25.0 Å². The highest BCUT2D eigenvalue weighted by atomic mass is 35.5. The minimum atomic E-state index is -0.807. The third kappa shape index (κ3) is 1.76. The average Bonchev–Trinajstić information content (AvgIpc) is 2.03. The van der Waals surface area contributed by atoms with Crippen molar-refractivity contribution in [2.45, 2.75) is 19.4 Å². The van der Waals surface area contributed by atoms with Crippen LogP contribution in [0.5, 0.6) is 0 Å². The molecule has 3 heteroatoms. The van der Waals surface area contributed by atoms with Crippen LogP contribution in [0.3, 0.4) is 0 Å². The van der Waals surface area contributed by atoms with E-state index in [2.05, 4.69) is 0 Å². The van der Waals surface area contributed by atoms with E-state index in [1.54, 1.807) is 13.0 Å². The normalized spacial score (nSPS) is 13.0. The molecule has 0 heterocycles. The van der Waals surface area contributed by atoms with E-state index in [1.807, 2.05) is 0 Å². The van der Waals surface area contributed by atoms with Gasteiger partial charge in [-0.2, -0.15) is 0 Å². The lowest BCUT2D eigenvalue weighted by Crippen LogP contribution is -1.99. The van der Waals surface area contributed by atoms with Gasteiger partial charge < -0.3 is 5.11 Å². The fraction of sp³-hybridized carbons (Fsp3) is 0.333. The van der Waals surface area contributed by atoms with E-state index >= 15 is 0 Å². The quantitative estimate of drug-likeness (QED) is 0.757. The molecule has 0 saturated heterocycles. The molecule has 66 valence electrons. The van der Waals surface area contributed by atoms with Crippen molar-refractivity contribution in [3.8, 4) is 0 Å². The zero-order chi connectivity index (χ0) is 9.14. The molecule has 1 rings (SSSR count). The second-order valence-electron chi connectivity index (χ2n) is 2.56. The summed E-state index contributed by atoms with van der Waals surface area (Å²) in [5.41, 5.74) is 0.196. The first-order chi connectivity index (χ1) is 5.66.